The zero-order chi connectivity index (χ0) is 20.2. The van der Waals surface area contributed by atoms with Crippen LogP contribution in [0.3, 0.4) is 0 Å². The Morgan fingerprint density at radius 1 is 1.00 bits per heavy atom. The highest BCUT2D eigenvalue weighted by atomic mass is 16.5. The molecule has 6 heteroatoms. The number of nitrogens with zero attached hydrogens (tertiary/aromatic N) is 2. The lowest BCUT2D eigenvalue weighted by atomic mass is 10.1. The molecule has 0 spiro atoms. The van der Waals surface area contributed by atoms with Gasteiger partial charge in [-0.1, -0.05) is 54.6 Å². The lowest BCUT2D eigenvalue weighted by Gasteiger charge is -2.15. The van der Waals surface area contributed by atoms with Crippen LogP contribution in [-0.2, 0) is 11.2 Å². The second kappa shape index (κ2) is 7.98. The van der Waals surface area contributed by atoms with E-state index in [4.69, 9.17) is 4.74 Å². The summed E-state index contributed by atoms with van der Waals surface area (Å²) in [5.74, 6) is 0.667. The molecular formula is C23H19N3O3. The van der Waals surface area contributed by atoms with Gasteiger partial charge in [0.2, 0.25) is 5.91 Å². The van der Waals surface area contributed by atoms with Gasteiger partial charge < -0.3 is 4.74 Å². The molecule has 1 amide bonds. The predicted molar refractivity (Wildman–Crippen MR) is 113 cm³/mol. The highest BCUT2D eigenvalue weighted by molar-refractivity contribution is 5.87. The van der Waals surface area contributed by atoms with Crippen LogP contribution in [0, 0.1) is 0 Å². The average Bonchev–Trinajstić information content (AvgIpc) is 2.76. The average molecular weight is 385 g/mol. The SMILES string of the molecule is COc1cccc(-c2nc3ccccc3c(=O)n2NC(=O)Cc2ccccc2)c1. The van der Waals surface area contributed by atoms with Crippen LogP contribution in [0.4, 0.5) is 0 Å². The van der Waals surface area contributed by atoms with Crippen LogP contribution in [0.25, 0.3) is 22.3 Å². The Morgan fingerprint density at radius 2 is 1.76 bits per heavy atom. The number of methoxy groups -OCH3 is 1. The zero-order valence-corrected chi connectivity index (χ0v) is 15.8. The summed E-state index contributed by atoms with van der Waals surface area (Å²) in [6.45, 7) is 0. The first-order chi connectivity index (χ1) is 14.2. The Bertz CT molecular complexity index is 1230. The molecular weight excluding hydrogens is 366 g/mol. The molecule has 0 saturated heterocycles. The third-order valence-electron chi connectivity index (χ3n) is 4.55. The van der Waals surface area contributed by atoms with Crippen molar-refractivity contribution in [2.75, 3.05) is 12.5 Å². The van der Waals surface area contributed by atoms with E-state index in [2.05, 4.69) is 10.4 Å². The van der Waals surface area contributed by atoms with Gasteiger partial charge in [0.1, 0.15) is 5.75 Å². The highest BCUT2D eigenvalue weighted by Crippen LogP contribution is 2.22. The number of rotatable bonds is 5. The van der Waals surface area contributed by atoms with E-state index in [-0.39, 0.29) is 17.9 Å². The number of hydrogen-bond acceptors (Lipinski definition) is 4. The normalized spacial score (nSPS) is 10.7. The van der Waals surface area contributed by atoms with Gasteiger partial charge in [-0.25, -0.2) is 4.98 Å². The van der Waals surface area contributed by atoms with Crippen molar-refractivity contribution in [3.63, 3.8) is 0 Å². The van der Waals surface area contributed by atoms with Gasteiger partial charge in [0.15, 0.2) is 5.82 Å². The van der Waals surface area contributed by atoms with Crippen LogP contribution in [0.15, 0.2) is 83.7 Å². The van der Waals surface area contributed by atoms with Crippen LogP contribution < -0.4 is 15.7 Å². The Morgan fingerprint density at radius 3 is 2.55 bits per heavy atom. The molecule has 3 aromatic carbocycles. The van der Waals surface area contributed by atoms with Crippen LogP contribution in [0.1, 0.15) is 5.56 Å². The van der Waals surface area contributed by atoms with Gasteiger partial charge in [-0.05, 0) is 29.8 Å². The maximum atomic E-state index is 13.1. The number of carbonyl (C=O) groups is 1. The molecule has 0 aliphatic carbocycles. The summed E-state index contributed by atoms with van der Waals surface area (Å²) in [6, 6.07) is 23.6. The molecule has 0 aliphatic rings. The number of hydrogen-bond donors (Lipinski definition) is 1. The van der Waals surface area contributed by atoms with Crippen LogP contribution in [0.2, 0.25) is 0 Å². The largest absolute Gasteiger partial charge is 0.497 e. The molecule has 0 bridgehead atoms. The van der Waals surface area contributed by atoms with E-state index in [0.29, 0.717) is 28.0 Å². The lowest BCUT2D eigenvalue weighted by Crippen LogP contribution is -2.35. The Hall–Kier alpha value is -3.93. The first-order valence-corrected chi connectivity index (χ1v) is 9.16. The van der Waals surface area contributed by atoms with Gasteiger partial charge >= 0.3 is 0 Å². The first kappa shape index (κ1) is 18.4. The summed E-state index contributed by atoms with van der Waals surface area (Å²) >= 11 is 0. The van der Waals surface area contributed by atoms with E-state index < -0.39 is 0 Å². The quantitative estimate of drug-likeness (QED) is 0.572. The number of nitrogens with one attached hydrogen (secondary N) is 1. The topological polar surface area (TPSA) is 73.2 Å². The minimum Gasteiger partial charge on any atom is -0.497 e. The fourth-order valence-electron chi connectivity index (χ4n) is 3.14. The maximum absolute atomic E-state index is 13.1. The van der Waals surface area contributed by atoms with Crippen molar-refractivity contribution in [2.24, 2.45) is 0 Å². The molecule has 1 heterocycles. The molecule has 144 valence electrons. The molecule has 0 fully saturated rings. The summed E-state index contributed by atoms with van der Waals surface area (Å²) in [4.78, 5) is 30.4. The van der Waals surface area contributed by atoms with Crippen LogP contribution >= 0.6 is 0 Å². The maximum Gasteiger partial charge on any atom is 0.280 e. The predicted octanol–water partition coefficient (Wildman–Crippen LogP) is 3.38. The first-order valence-electron chi connectivity index (χ1n) is 9.16. The lowest BCUT2D eigenvalue weighted by molar-refractivity contribution is -0.116. The number of carbonyl (C=O) groups excluding carboxylic acids is 1. The summed E-state index contributed by atoms with van der Waals surface area (Å²) in [5.41, 5.74) is 4.45. The van der Waals surface area contributed by atoms with Crippen molar-refractivity contribution in [1.29, 1.82) is 0 Å². The van der Waals surface area contributed by atoms with Crippen molar-refractivity contribution in [3.05, 3.63) is 94.8 Å². The van der Waals surface area contributed by atoms with Crippen LogP contribution in [-0.4, -0.2) is 22.7 Å². The van der Waals surface area contributed by atoms with Gasteiger partial charge in [-0.15, -0.1) is 0 Å². The van der Waals surface area contributed by atoms with E-state index in [9.17, 15) is 9.59 Å². The van der Waals surface area contributed by atoms with Crippen molar-refractivity contribution in [3.8, 4) is 17.1 Å². The zero-order valence-electron chi connectivity index (χ0n) is 15.8. The molecule has 6 nitrogen and oxygen atoms in total. The van der Waals surface area contributed by atoms with E-state index >= 15 is 0 Å². The summed E-state index contributed by atoms with van der Waals surface area (Å²) in [5, 5.41) is 0.430. The molecule has 4 rings (SSSR count). The number of para-hydroxylation sites is 1. The Balaban J connectivity index is 1.81. The van der Waals surface area contributed by atoms with Crippen molar-refractivity contribution in [2.45, 2.75) is 6.42 Å². The van der Waals surface area contributed by atoms with Crippen LogP contribution in [0.5, 0.6) is 5.75 Å². The molecule has 0 unspecified atom stereocenters. The molecule has 1 aromatic heterocycles. The second-order valence-corrected chi connectivity index (χ2v) is 6.52. The molecule has 0 aliphatic heterocycles. The smallest absolute Gasteiger partial charge is 0.280 e. The van der Waals surface area contributed by atoms with Gasteiger partial charge in [0.25, 0.3) is 5.56 Å². The summed E-state index contributed by atoms with van der Waals surface area (Å²) < 4.78 is 6.50. The standard InChI is InChI=1S/C23H19N3O3/c1-29-18-11-7-10-17(15-18)22-24-20-13-6-5-12-19(20)23(28)26(22)25-21(27)14-16-8-3-2-4-9-16/h2-13,15H,14H2,1H3,(H,25,27). The molecule has 29 heavy (non-hydrogen) atoms. The van der Waals surface area contributed by atoms with E-state index in [0.717, 1.165) is 5.56 Å². The van der Waals surface area contributed by atoms with E-state index in [1.54, 1.807) is 37.4 Å². The molecule has 0 atom stereocenters. The fraction of sp³-hybridized carbons (Fsp3) is 0.0870. The van der Waals surface area contributed by atoms with Gasteiger partial charge in [-0.3, -0.25) is 15.0 Å². The summed E-state index contributed by atoms with van der Waals surface area (Å²) in [6.07, 6.45) is 0.150. The van der Waals surface area contributed by atoms with Crippen molar-refractivity contribution in [1.82, 2.24) is 9.66 Å². The van der Waals surface area contributed by atoms with Gasteiger partial charge in [0.05, 0.1) is 24.4 Å². The third kappa shape index (κ3) is 3.87. The third-order valence-corrected chi connectivity index (χ3v) is 4.55. The fourth-order valence-corrected chi connectivity index (χ4v) is 3.14. The number of fused-ring (bicyclic) bond motifs is 1. The van der Waals surface area contributed by atoms with Gasteiger partial charge in [0, 0.05) is 5.56 Å². The number of ether oxygens (including phenoxy) is 1. The van der Waals surface area contributed by atoms with Crippen molar-refractivity contribution < 1.29 is 9.53 Å². The minimum atomic E-state index is -0.338. The Kier molecular flexibility index (Phi) is 5.07. The number of amides is 1. The monoisotopic (exact) mass is 385 g/mol. The number of aromatic nitrogens is 2. The van der Waals surface area contributed by atoms with Crippen molar-refractivity contribution >= 4 is 16.8 Å². The second-order valence-electron chi connectivity index (χ2n) is 6.52. The van der Waals surface area contributed by atoms with E-state index in [1.165, 1.54) is 4.68 Å². The minimum absolute atomic E-state index is 0.150. The molecule has 0 radical (unpaired) electrons. The molecule has 1 N–H and O–H groups in total. The number of benzene rings is 3. The van der Waals surface area contributed by atoms with Gasteiger partial charge in [-0.2, -0.15) is 4.68 Å². The van der Waals surface area contributed by atoms with E-state index in [1.807, 2.05) is 48.5 Å². The molecule has 4 aromatic rings. The molecule has 0 saturated carbocycles. The highest BCUT2D eigenvalue weighted by Gasteiger charge is 2.15. The Labute approximate surface area is 167 Å². The summed E-state index contributed by atoms with van der Waals surface area (Å²) in [7, 11) is 1.57.